The summed E-state index contributed by atoms with van der Waals surface area (Å²) in [6, 6.07) is 15.1. The molecule has 0 atom stereocenters. The standard InChI is InChI=1S/C37H56N2O2/c1-2-3-10-29-17-21-31(22-18-29)25-26-32-23-19-30(20-24-32)11-6-4-5-7-16-37(40-35-14-8-12-33(38)27-35)41-36-15-9-13-34(39)28-36/h8-9,12-15,25-32,37H,2-7,10-11,16-24,38-39H2,1H3/b26-25+. The lowest BCUT2D eigenvalue weighted by Gasteiger charge is -2.29. The SMILES string of the molecule is CCCCC1CCC(/C=C/C2CCC(CCCCCCC(Oc3cccc(N)c3)Oc3cccc(N)c3)CC2)CC1. The van der Waals surface area contributed by atoms with E-state index in [0.717, 1.165) is 48.0 Å². The Kier molecular flexibility index (Phi) is 13.3. The largest absolute Gasteiger partial charge is 0.455 e. The van der Waals surface area contributed by atoms with Crippen LogP contribution in [0.2, 0.25) is 0 Å². The van der Waals surface area contributed by atoms with Crippen LogP contribution in [0, 0.1) is 23.7 Å². The summed E-state index contributed by atoms with van der Waals surface area (Å²) in [6.07, 6.45) is 27.7. The number of nitrogens with two attached hydrogens (primary N) is 2. The van der Waals surface area contributed by atoms with E-state index >= 15 is 0 Å². The highest BCUT2D eigenvalue weighted by Gasteiger charge is 2.22. The predicted octanol–water partition coefficient (Wildman–Crippen LogP) is 10.3. The van der Waals surface area contributed by atoms with E-state index in [4.69, 9.17) is 20.9 Å². The highest BCUT2D eigenvalue weighted by Crippen LogP contribution is 2.36. The molecule has 226 valence electrons. The van der Waals surface area contributed by atoms with Crippen LogP contribution in [0.15, 0.2) is 60.7 Å². The molecule has 2 aromatic rings. The van der Waals surface area contributed by atoms with Crippen molar-refractivity contribution < 1.29 is 9.47 Å². The van der Waals surface area contributed by atoms with Crippen LogP contribution >= 0.6 is 0 Å². The van der Waals surface area contributed by atoms with Gasteiger partial charge in [0.15, 0.2) is 0 Å². The Morgan fingerprint density at radius 1 is 0.659 bits per heavy atom. The van der Waals surface area contributed by atoms with Crippen LogP contribution in [0.3, 0.4) is 0 Å². The Labute approximate surface area is 250 Å². The Hall–Kier alpha value is -2.62. The lowest BCUT2D eigenvalue weighted by Crippen LogP contribution is -2.24. The van der Waals surface area contributed by atoms with Crippen LogP contribution in [0.5, 0.6) is 11.5 Å². The maximum absolute atomic E-state index is 6.18. The van der Waals surface area contributed by atoms with Crippen molar-refractivity contribution in [3.63, 3.8) is 0 Å². The van der Waals surface area contributed by atoms with Crippen LogP contribution < -0.4 is 20.9 Å². The van der Waals surface area contributed by atoms with E-state index in [1.54, 1.807) is 0 Å². The average molecular weight is 561 g/mol. The number of hydrogen-bond acceptors (Lipinski definition) is 4. The molecule has 0 heterocycles. The van der Waals surface area contributed by atoms with Gasteiger partial charge < -0.3 is 20.9 Å². The fraction of sp³-hybridized carbons (Fsp3) is 0.622. The second-order valence-corrected chi connectivity index (χ2v) is 12.9. The molecule has 4 N–H and O–H groups in total. The second kappa shape index (κ2) is 17.4. The molecule has 2 saturated carbocycles. The fourth-order valence-electron chi connectivity index (χ4n) is 6.86. The Morgan fingerprint density at radius 3 is 1.63 bits per heavy atom. The van der Waals surface area contributed by atoms with Gasteiger partial charge in [-0.1, -0.05) is 76.2 Å². The summed E-state index contributed by atoms with van der Waals surface area (Å²) in [4.78, 5) is 0. The number of benzene rings is 2. The molecule has 4 nitrogen and oxygen atoms in total. The molecule has 2 aliphatic rings. The minimum Gasteiger partial charge on any atom is -0.455 e. The lowest BCUT2D eigenvalue weighted by atomic mass is 9.77. The molecular weight excluding hydrogens is 504 g/mol. The first kappa shape index (κ1) is 31.3. The minimum absolute atomic E-state index is 0.363. The van der Waals surface area contributed by atoms with Gasteiger partial charge in [-0.15, -0.1) is 0 Å². The van der Waals surface area contributed by atoms with E-state index in [9.17, 15) is 0 Å². The van der Waals surface area contributed by atoms with Crippen molar-refractivity contribution in [1.82, 2.24) is 0 Å². The molecule has 0 aromatic heterocycles. The monoisotopic (exact) mass is 560 g/mol. The van der Waals surface area contributed by atoms with Crippen LogP contribution in [0.25, 0.3) is 0 Å². The summed E-state index contributed by atoms with van der Waals surface area (Å²) in [6.45, 7) is 2.32. The third-order valence-electron chi connectivity index (χ3n) is 9.46. The molecule has 0 radical (unpaired) electrons. The summed E-state index contributed by atoms with van der Waals surface area (Å²) < 4.78 is 12.4. The van der Waals surface area contributed by atoms with Gasteiger partial charge in [-0.3, -0.25) is 0 Å². The number of allylic oxidation sites excluding steroid dienone is 2. The van der Waals surface area contributed by atoms with Crippen molar-refractivity contribution in [2.45, 2.75) is 122 Å². The molecule has 2 aliphatic carbocycles. The van der Waals surface area contributed by atoms with Gasteiger partial charge in [-0.2, -0.15) is 0 Å². The number of ether oxygens (including phenoxy) is 2. The summed E-state index contributed by atoms with van der Waals surface area (Å²) in [7, 11) is 0. The molecule has 41 heavy (non-hydrogen) atoms. The number of nitrogen functional groups attached to an aromatic ring is 2. The van der Waals surface area contributed by atoms with Crippen LogP contribution in [0.4, 0.5) is 11.4 Å². The molecule has 4 heteroatoms. The van der Waals surface area contributed by atoms with E-state index in [2.05, 4.69) is 19.1 Å². The van der Waals surface area contributed by atoms with Gasteiger partial charge in [0.05, 0.1) is 0 Å². The first-order valence-corrected chi connectivity index (χ1v) is 16.8. The molecular formula is C37H56N2O2. The summed E-state index contributed by atoms with van der Waals surface area (Å²) in [5, 5.41) is 0. The second-order valence-electron chi connectivity index (χ2n) is 12.9. The number of rotatable bonds is 16. The summed E-state index contributed by atoms with van der Waals surface area (Å²) in [5.41, 5.74) is 13.3. The molecule has 0 unspecified atom stereocenters. The molecule has 4 rings (SSSR count). The quantitative estimate of drug-likeness (QED) is 0.0927. The molecule has 0 amide bonds. The predicted molar refractivity (Wildman–Crippen MR) is 174 cm³/mol. The first-order valence-electron chi connectivity index (χ1n) is 16.8. The van der Waals surface area contributed by atoms with E-state index in [1.807, 2.05) is 48.5 Å². The zero-order chi connectivity index (χ0) is 28.7. The molecule has 0 spiro atoms. The summed E-state index contributed by atoms with van der Waals surface area (Å²) in [5.74, 6) is 5.11. The Balaban J connectivity index is 1.09. The molecule has 0 aliphatic heterocycles. The number of unbranched alkanes of at least 4 members (excludes halogenated alkanes) is 4. The minimum atomic E-state index is -0.363. The van der Waals surface area contributed by atoms with Gasteiger partial charge in [-0.05, 0) is 106 Å². The summed E-state index contributed by atoms with van der Waals surface area (Å²) >= 11 is 0. The van der Waals surface area contributed by atoms with Crippen molar-refractivity contribution in [1.29, 1.82) is 0 Å². The maximum Gasteiger partial charge on any atom is 0.241 e. The van der Waals surface area contributed by atoms with Crippen LogP contribution in [0.1, 0.15) is 116 Å². The van der Waals surface area contributed by atoms with Crippen LogP contribution in [-0.4, -0.2) is 6.29 Å². The van der Waals surface area contributed by atoms with E-state index < -0.39 is 0 Å². The van der Waals surface area contributed by atoms with Gasteiger partial charge in [0.1, 0.15) is 11.5 Å². The number of anilines is 2. The van der Waals surface area contributed by atoms with E-state index in [0.29, 0.717) is 11.4 Å². The highest BCUT2D eigenvalue weighted by molar-refractivity contribution is 5.44. The zero-order valence-corrected chi connectivity index (χ0v) is 25.7. The zero-order valence-electron chi connectivity index (χ0n) is 25.7. The fourth-order valence-corrected chi connectivity index (χ4v) is 6.86. The number of hydrogen-bond donors (Lipinski definition) is 2. The van der Waals surface area contributed by atoms with Crippen molar-refractivity contribution >= 4 is 11.4 Å². The highest BCUT2D eigenvalue weighted by atomic mass is 16.7. The van der Waals surface area contributed by atoms with Crippen molar-refractivity contribution in [2.24, 2.45) is 23.7 Å². The van der Waals surface area contributed by atoms with Gasteiger partial charge in [0, 0.05) is 29.9 Å². The molecule has 2 aromatic carbocycles. The molecule has 0 bridgehead atoms. The van der Waals surface area contributed by atoms with Crippen LogP contribution in [-0.2, 0) is 0 Å². The topological polar surface area (TPSA) is 70.5 Å². The van der Waals surface area contributed by atoms with Gasteiger partial charge in [0.25, 0.3) is 0 Å². The normalized spacial score (nSPS) is 23.2. The first-order chi connectivity index (χ1) is 20.1. The van der Waals surface area contributed by atoms with Gasteiger partial charge >= 0.3 is 0 Å². The maximum atomic E-state index is 6.18. The molecule has 2 fully saturated rings. The third kappa shape index (κ3) is 11.6. The van der Waals surface area contributed by atoms with Crippen molar-refractivity contribution in [3.8, 4) is 11.5 Å². The van der Waals surface area contributed by atoms with E-state index in [-0.39, 0.29) is 6.29 Å². The Morgan fingerprint density at radius 2 is 1.15 bits per heavy atom. The smallest absolute Gasteiger partial charge is 0.241 e. The van der Waals surface area contributed by atoms with E-state index in [1.165, 1.54) is 96.3 Å². The van der Waals surface area contributed by atoms with Crippen molar-refractivity contribution in [2.75, 3.05) is 11.5 Å². The van der Waals surface area contributed by atoms with Crippen molar-refractivity contribution in [3.05, 3.63) is 60.7 Å². The Bertz CT molecular complexity index is 974. The third-order valence-corrected chi connectivity index (χ3v) is 9.46. The molecule has 0 saturated heterocycles. The van der Waals surface area contributed by atoms with Gasteiger partial charge in [0.2, 0.25) is 6.29 Å². The average Bonchev–Trinajstić information content (AvgIpc) is 2.98. The lowest BCUT2D eigenvalue weighted by molar-refractivity contribution is -0.00237. The van der Waals surface area contributed by atoms with Gasteiger partial charge in [-0.25, -0.2) is 0 Å².